The zero-order valence-corrected chi connectivity index (χ0v) is 22.9. The van der Waals surface area contributed by atoms with E-state index in [4.69, 9.17) is 33.1 Å². The monoisotopic (exact) mass is 606 g/mol. The summed E-state index contributed by atoms with van der Waals surface area (Å²) in [5.41, 5.74) is 0.404. The van der Waals surface area contributed by atoms with Crippen LogP contribution in [-0.2, 0) is 9.59 Å². The number of likely N-dealkylation sites (tertiary alicyclic amines) is 1. The molecule has 0 saturated carbocycles. The molecule has 11 nitrogen and oxygen atoms in total. The van der Waals surface area contributed by atoms with Crippen molar-refractivity contribution in [2.24, 2.45) is 0 Å². The van der Waals surface area contributed by atoms with Gasteiger partial charge in [0, 0.05) is 31.8 Å². The number of likely N-dealkylation sites (N-methyl/N-ethyl adjacent to an activating group) is 1. The van der Waals surface area contributed by atoms with E-state index in [-0.39, 0.29) is 38.9 Å². The molecule has 4 N–H and O–H groups in total. The number of nitrogens with one attached hydrogen (secondary N) is 3. The van der Waals surface area contributed by atoms with Crippen molar-refractivity contribution in [2.75, 3.05) is 39.0 Å². The number of hydrogen-bond donors (Lipinski definition) is 4. The number of benzene rings is 1. The molecular formula is C24H27Cl2F3N6O5. The van der Waals surface area contributed by atoms with Gasteiger partial charge in [0.25, 0.3) is 11.8 Å². The van der Waals surface area contributed by atoms with Crippen LogP contribution in [0.2, 0.25) is 10.0 Å². The zero-order valence-electron chi connectivity index (χ0n) is 21.4. The number of nitrogens with zero attached hydrogens (tertiary/aromatic N) is 3. The number of hydrogen-bond acceptors (Lipinski definition) is 6. The lowest BCUT2D eigenvalue weighted by atomic mass is 10.1. The van der Waals surface area contributed by atoms with Gasteiger partial charge in [0.05, 0.1) is 27.5 Å². The molecule has 2 heterocycles. The fourth-order valence-electron chi connectivity index (χ4n) is 3.48. The number of alkyl halides is 3. The Balaban J connectivity index is 0.000000708. The molecule has 1 aromatic heterocycles. The van der Waals surface area contributed by atoms with Gasteiger partial charge in [-0.1, -0.05) is 35.3 Å². The normalized spacial score (nSPS) is 15.4. The summed E-state index contributed by atoms with van der Waals surface area (Å²) in [6, 6.07) is 4.52. The molecule has 16 heteroatoms. The van der Waals surface area contributed by atoms with Crippen molar-refractivity contribution in [2.45, 2.75) is 25.1 Å². The molecule has 0 unspecified atom stereocenters. The first-order chi connectivity index (χ1) is 18.7. The molecule has 0 aliphatic carbocycles. The number of carbonyl (C=O) groups excluding carboxylic acids is 3. The number of aliphatic carboxylic acids is 1. The first kappa shape index (κ1) is 32.6. The molecular weight excluding hydrogens is 580 g/mol. The van der Waals surface area contributed by atoms with Gasteiger partial charge in [-0.25, -0.2) is 4.79 Å². The van der Waals surface area contributed by atoms with Gasteiger partial charge in [-0.15, -0.1) is 0 Å². The van der Waals surface area contributed by atoms with Crippen molar-refractivity contribution in [3.05, 3.63) is 57.9 Å². The van der Waals surface area contributed by atoms with Crippen LogP contribution >= 0.6 is 23.2 Å². The van der Waals surface area contributed by atoms with Gasteiger partial charge in [0.2, 0.25) is 5.91 Å². The average Bonchev–Trinajstić information content (AvgIpc) is 3.32. The molecule has 1 saturated heterocycles. The van der Waals surface area contributed by atoms with E-state index in [0.29, 0.717) is 19.6 Å². The van der Waals surface area contributed by atoms with Crippen molar-refractivity contribution >= 4 is 52.6 Å². The molecule has 0 spiro atoms. The van der Waals surface area contributed by atoms with Crippen molar-refractivity contribution in [3.8, 4) is 0 Å². The van der Waals surface area contributed by atoms with E-state index in [2.05, 4.69) is 20.8 Å². The number of piperidine rings is 1. The smallest absolute Gasteiger partial charge is 0.475 e. The number of amides is 3. The second kappa shape index (κ2) is 14.7. The van der Waals surface area contributed by atoms with E-state index in [0.717, 1.165) is 12.8 Å². The van der Waals surface area contributed by atoms with E-state index >= 15 is 0 Å². The average molecular weight is 607 g/mol. The third kappa shape index (κ3) is 9.84. The molecule has 40 heavy (non-hydrogen) atoms. The summed E-state index contributed by atoms with van der Waals surface area (Å²) in [6.07, 6.45) is 1.14. The van der Waals surface area contributed by atoms with Gasteiger partial charge in [-0.2, -0.15) is 18.3 Å². The third-order valence-corrected chi connectivity index (χ3v) is 5.98. The number of anilines is 1. The number of aromatic amines is 1. The van der Waals surface area contributed by atoms with Gasteiger partial charge < -0.3 is 25.5 Å². The summed E-state index contributed by atoms with van der Waals surface area (Å²) in [4.78, 5) is 50.5. The Labute approximate surface area is 237 Å². The Hall–Kier alpha value is -3.62. The quantitative estimate of drug-likeness (QED) is 0.353. The largest absolute Gasteiger partial charge is 0.490 e. The highest BCUT2D eigenvalue weighted by Gasteiger charge is 2.38. The number of carbonyl (C=O) groups is 4. The van der Waals surface area contributed by atoms with Crippen molar-refractivity contribution in [1.29, 1.82) is 0 Å². The van der Waals surface area contributed by atoms with E-state index in [1.165, 1.54) is 6.20 Å². The maximum absolute atomic E-state index is 12.9. The predicted molar refractivity (Wildman–Crippen MR) is 141 cm³/mol. The predicted octanol–water partition coefficient (Wildman–Crippen LogP) is 3.44. The van der Waals surface area contributed by atoms with Crippen molar-refractivity contribution in [3.63, 3.8) is 0 Å². The Kier molecular flexibility index (Phi) is 12.0. The van der Waals surface area contributed by atoms with E-state index in [9.17, 15) is 27.6 Å². The Morgan fingerprint density at radius 1 is 1.20 bits per heavy atom. The van der Waals surface area contributed by atoms with E-state index in [1.807, 2.05) is 25.1 Å². The van der Waals surface area contributed by atoms with Crippen molar-refractivity contribution < 1.29 is 37.5 Å². The summed E-state index contributed by atoms with van der Waals surface area (Å²) in [5, 5.41) is 19.5. The summed E-state index contributed by atoms with van der Waals surface area (Å²) in [7, 11) is 3.85. The van der Waals surface area contributed by atoms with E-state index in [1.54, 1.807) is 29.2 Å². The van der Waals surface area contributed by atoms with Crippen LogP contribution in [0.15, 0.2) is 36.5 Å². The topological polar surface area (TPSA) is 148 Å². The molecule has 3 rings (SSSR count). The highest BCUT2D eigenvalue weighted by Crippen LogP contribution is 2.26. The second-order valence-corrected chi connectivity index (χ2v) is 9.59. The second-order valence-electron chi connectivity index (χ2n) is 8.77. The van der Waals surface area contributed by atoms with Crippen LogP contribution in [0.5, 0.6) is 0 Å². The number of rotatable bonds is 7. The van der Waals surface area contributed by atoms with Crippen LogP contribution in [0.4, 0.5) is 18.9 Å². The molecule has 3 amide bonds. The van der Waals surface area contributed by atoms with Crippen LogP contribution < -0.4 is 10.6 Å². The number of halogens is 5. The summed E-state index contributed by atoms with van der Waals surface area (Å²) >= 11 is 12.2. The van der Waals surface area contributed by atoms with Crippen LogP contribution in [0.25, 0.3) is 0 Å². The fraction of sp³-hybridized carbons (Fsp3) is 0.375. The summed E-state index contributed by atoms with van der Waals surface area (Å²) < 4.78 is 31.7. The maximum Gasteiger partial charge on any atom is 0.490 e. The maximum atomic E-state index is 12.9. The van der Waals surface area contributed by atoms with Gasteiger partial charge in [-0.05, 0) is 39.1 Å². The molecule has 2 aromatic rings. The Bertz CT molecular complexity index is 1230. The lowest BCUT2D eigenvalue weighted by Crippen LogP contribution is -2.49. The molecule has 1 aliphatic rings. The fourth-order valence-corrected chi connectivity index (χ4v) is 4.05. The Morgan fingerprint density at radius 3 is 2.40 bits per heavy atom. The molecule has 0 bridgehead atoms. The number of carboxylic acid groups (broad SMARTS) is 1. The molecule has 218 valence electrons. The van der Waals surface area contributed by atoms with Gasteiger partial charge in [0.15, 0.2) is 0 Å². The van der Waals surface area contributed by atoms with E-state index < -0.39 is 24.0 Å². The van der Waals surface area contributed by atoms with Crippen molar-refractivity contribution in [1.82, 2.24) is 25.3 Å². The first-order valence-electron chi connectivity index (χ1n) is 11.7. The lowest BCUT2D eigenvalue weighted by Gasteiger charge is -2.32. The molecule has 1 aliphatic heterocycles. The number of aromatic nitrogens is 2. The van der Waals surface area contributed by atoms with Crippen LogP contribution in [0.1, 0.15) is 33.7 Å². The van der Waals surface area contributed by atoms with Crippen LogP contribution in [0.3, 0.4) is 0 Å². The highest BCUT2D eigenvalue weighted by molar-refractivity contribution is 6.40. The molecule has 1 aromatic carbocycles. The third-order valence-electron chi connectivity index (χ3n) is 5.35. The molecule has 1 fully saturated rings. The number of carboxylic acids is 1. The van der Waals surface area contributed by atoms with Crippen LogP contribution in [0, 0.1) is 0 Å². The summed E-state index contributed by atoms with van der Waals surface area (Å²) in [5.74, 6) is -3.83. The molecule has 1 atom stereocenters. The van der Waals surface area contributed by atoms with Gasteiger partial charge in [0.1, 0.15) is 5.69 Å². The Morgan fingerprint density at radius 2 is 1.82 bits per heavy atom. The minimum atomic E-state index is -5.08. The standard InChI is InChI=1S/C22H26Cl2N6O3.C2HF3O2/c1-29(2)10-5-9-18(31)30-11-4-6-14(13-30)26-22(33)20-17(12-25-28-20)27-21(32)19-15(23)7-3-8-16(19)24;3-2(4,5)1(6)7/h3,5,7-9,12,14H,4,6,10-11,13H2,1-2H3,(H,25,28)(H,26,33)(H,27,32);(H,6,7)/b9-5+;/t14-;/m1./s1. The lowest BCUT2D eigenvalue weighted by molar-refractivity contribution is -0.192. The van der Waals surface area contributed by atoms with Crippen LogP contribution in [-0.4, -0.2) is 94.7 Å². The minimum Gasteiger partial charge on any atom is -0.475 e. The first-order valence-corrected chi connectivity index (χ1v) is 12.5. The van der Waals surface area contributed by atoms with Gasteiger partial charge >= 0.3 is 12.1 Å². The number of H-pyrrole nitrogens is 1. The summed E-state index contributed by atoms with van der Waals surface area (Å²) in [6.45, 7) is 1.72. The molecule has 0 radical (unpaired) electrons. The zero-order chi connectivity index (χ0) is 30.0. The SMILES string of the molecule is CN(C)C/C=C/C(=O)N1CCC[C@@H](NC(=O)c2[nH]ncc2NC(=O)c2c(Cl)cccc2Cl)C1.O=C(O)C(F)(F)F. The minimum absolute atomic E-state index is 0.0816. The highest BCUT2D eigenvalue weighted by atomic mass is 35.5. The van der Waals surface area contributed by atoms with Gasteiger partial charge in [-0.3, -0.25) is 19.5 Å².